The average Bonchev–Trinajstić information content (AvgIpc) is 2.76. The topological polar surface area (TPSA) is 68.0 Å². The zero-order valence-corrected chi connectivity index (χ0v) is 11.2. The van der Waals surface area contributed by atoms with E-state index in [9.17, 15) is 9.90 Å². The lowest BCUT2D eigenvalue weighted by Gasteiger charge is -2.05. The molecule has 5 heteroatoms. The molecule has 0 saturated heterocycles. The Hall–Kier alpha value is -2.69. The SMILES string of the molecule is Cc1nn(C)cc1-c1ccc2nccc(C(=O)O)c2c1. The van der Waals surface area contributed by atoms with Gasteiger partial charge in [-0.05, 0) is 30.7 Å². The molecule has 0 radical (unpaired) electrons. The largest absolute Gasteiger partial charge is 0.478 e. The maximum Gasteiger partial charge on any atom is 0.336 e. The van der Waals surface area contributed by atoms with Crippen molar-refractivity contribution in [3.05, 3.63) is 47.9 Å². The summed E-state index contributed by atoms with van der Waals surface area (Å²) in [6.45, 7) is 1.93. The predicted octanol–water partition coefficient (Wildman–Crippen LogP) is 2.64. The first kappa shape index (κ1) is 12.3. The molecule has 1 aromatic carbocycles. The van der Waals surface area contributed by atoms with Crippen molar-refractivity contribution in [1.82, 2.24) is 14.8 Å². The molecule has 3 rings (SSSR count). The molecular formula is C15H13N3O2. The van der Waals surface area contributed by atoms with Crippen molar-refractivity contribution < 1.29 is 9.90 Å². The monoisotopic (exact) mass is 267 g/mol. The smallest absolute Gasteiger partial charge is 0.336 e. The standard InChI is InChI=1S/C15H13N3O2/c1-9-13(8-18(2)17-9)10-3-4-14-12(7-10)11(15(19)20)5-6-16-14/h3-8H,1-2H3,(H,19,20). The Balaban J connectivity index is 2.27. The third kappa shape index (κ3) is 1.93. The van der Waals surface area contributed by atoms with Crippen molar-refractivity contribution >= 4 is 16.9 Å². The number of nitrogens with zero attached hydrogens (tertiary/aromatic N) is 3. The molecule has 100 valence electrons. The van der Waals surface area contributed by atoms with E-state index < -0.39 is 5.97 Å². The van der Waals surface area contributed by atoms with Gasteiger partial charge in [0.25, 0.3) is 0 Å². The van der Waals surface area contributed by atoms with Crippen molar-refractivity contribution in [2.45, 2.75) is 6.92 Å². The molecule has 0 amide bonds. The minimum Gasteiger partial charge on any atom is -0.478 e. The van der Waals surface area contributed by atoms with E-state index in [4.69, 9.17) is 0 Å². The van der Waals surface area contributed by atoms with Gasteiger partial charge in [-0.2, -0.15) is 5.10 Å². The zero-order valence-electron chi connectivity index (χ0n) is 11.2. The van der Waals surface area contributed by atoms with Crippen LogP contribution in [0.25, 0.3) is 22.0 Å². The number of aromatic nitrogens is 3. The molecule has 0 spiro atoms. The minimum atomic E-state index is -0.947. The highest BCUT2D eigenvalue weighted by atomic mass is 16.4. The highest BCUT2D eigenvalue weighted by Gasteiger charge is 2.12. The van der Waals surface area contributed by atoms with Gasteiger partial charge in [0, 0.05) is 30.4 Å². The lowest BCUT2D eigenvalue weighted by Crippen LogP contribution is -1.98. The van der Waals surface area contributed by atoms with E-state index in [0.717, 1.165) is 16.8 Å². The van der Waals surface area contributed by atoms with Crippen LogP contribution in [0.15, 0.2) is 36.7 Å². The fraction of sp³-hybridized carbons (Fsp3) is 0.133. The van der Waals surface area contributed by atoms with Gasteiger partial charge in [0.05, 0.1) is 16.8 Å². The summed E-state index contributed by atoms with van der Waals surface area (Å²) >= 11 is 0. The Bertz CT molecular complexity index is 821. The molecule has 5 nitrogen and oxygen atoms in total. The summed E-state index contributed by atoms with van der Waals surface area (Å²) in [5.74, 6) is -0.947. The van der Waals surface area contributed by atoms with Crippen LogP contribution in [0.5, 0.6) is 0 Å². The molecule has 0 saturated carbocycles. The summed E-state index contributed by atoms with van der Waals surface area (Å²) in [5, 5.41) is 14.2. The van der Waals surface area contributed by atoms with E-state index in [1.165, 1.54) is 12.3 Å². The van der Waals surface area contributed by atoms with E-state index in [-0.39, 0.29) is 5.56 Å². The Morgan fingerprint density at radius 2 is 2.10 bits per heavy atom. The lowest BCUT2D eigenvalue weighted by molar-refractivity contribution is 0.0699. The minimum absolute atomic E-state index is 0.262. The van der Waals surface area contributed by atoms with Crippen molar-refractivity contribution in [1.29, 1.82) is 0 Å². The van der Waals surface area contributed by atoms with Crippen LogP contribution in [0.2, 0.25) is 0 Å². The van der Waals surface area contributed by atoms with Crippen LogP contribution in [0.1, 0.15) is 16.1 Å². The fourth-order valence-electron chi connectivity index (χ4n) is 2.38. The molecule has 0 bridgehead atoms. The summed E-state index contributed by atoms with van der Waals surface area (Å²) < 4.78 is 1.75. The van der Waals surface area contributed by atoms with Crippen molar-refractivity contribution in [2.75, 3.05) is 0 Å². The van der Waals surface area contributed by atoms with Gasteiger partial charge in [-0.15, -0.1) is 0 Å². The van der Waals surface area contributed by atoms with Crippen LogP contribution in [0.4, 0.5) is 0 Å². The van der Waals surface area contributed by atoms with Gasteiger partial charge in [0.15, 0.2) is 0 Å². The van der Waals surface area contributed by atoms with Gasteiger partial charge in [-0.25, -0.2) is 4.79 Å². The molecule has 1 N–H and O–H groups in total. The maximum absolute atomic E-state index is 11.3. The van der Waals surface area contributed by atoms with Gasteiger partial charge < -0.3 is 5.11 Å². The molecule has 0 unspecified atom stereocenters. The van der Waals surface area contributed by atoms with Crippen LogP contribution < -0.4 is 0 Å². The van der Waals surface area contributed by atoms with Gasteiger partial charge in [-0.3, -0.25) is 9.67 Å². The molecule has 3 aromatic rings. The molecule has 0 aliphatic rings. The summed E-state index contributed by atoms with van der Waals surface area (Å²) in [6, 6.07) is 7.15. The molecule has 0 aliphatic heterocycles. The third-order valence-corrected chi connectivity index (χ3v) is 3.30. The number of hydrogen-bond acceptors (Lipinski definition) is 3. The first-order valence-electron chi connectivity index (χ1n) is 6.19. The summed E-state index contributed by atoms with van der Waals surface area (Å²) in [6.07, 6.45) is 3.44. The molecule has 2 aromatic heterocycles. The van der Waals surface area contributed by atoms with Crippen LogP contribution in [0.3, 0.4) is 0 Å². The number of rotatable bonds is 2. The Morgan fingerprint density at radius 3 is 2.75 bits per heavy atom. The second kappa shape index (κ2) is 4.45. The van der Waals surface area contributed by atoms with E-state index in [1.54, 1.807) is 4.68 Å². The fourth-order valence-corrected chi connectivity index (χ4v) is 2.38. The number of carboxylic acid groups (broad SMARTS) is 1. The molecule has 0 aliphatic carbocycles. The second-order valence-electron chi connectivity index (χ2n) is 4.70. The molecular weight excluding hydrogens is 254 g/mol. The number of benzene rings is 1. The van der Waals surface area contributed by atoms with Gasteiger partial charge in [-0.1, -0.05) is 6.07 Å². The first-order valence-corrected chi connectivity index (χ1v) is 6.19. The summed E-state index contributed by atoms with van der Waals surface area (Å²) in [7, 11) is 1.86. The second-order valence-corrected chi connectivity index (χ2v) is 4.70. The van der Waals surface area contributed by atoms with E-state index in [1.807, 2.05) is 38.4 Å². The Kier molecular flexibility index (Phi) is 2.75. The number of carbonyl (C=O) groups is 1. The quantitative estimate of drug-likeness (QED) is 0.775. The van der Waals surface area contributed by atoms with Crippen LogP contribution >= 0.6 is 0 Å². The van der Waals surface area contributed by atoms with E-state index in [0.29, 0.717) is 10.9 Å². The molecule has 0 atom stereocenters. The number of aryl methyl sites for hydroxylation is 2. The molecule has 20 heavy (non-hydrogen) atoms. The van der Waals surface area contributed by atoms with Crippen molar-refractivity contribution in [2.24, 2.45) is 7.05 Å². The van der Waals surface area contributed by atoms with Crippen LogP contribution in [-0.4, -0.2) is 25.8 Å². The van der Waals surface area contributed by atoms with Gasteiger partial charge >= 0.3 is 5.97 Å². The third-order valence-electron chi connectivity index (χ3n) is 3.30. The summed E-state index contributed by atoms with van der Waals surface area (Å²) in [4.78, 5) is 15.5. The lowest BCUT2D eigenvalue weighted by atomic mass is 10.0. The first-order chi connectivity index (χ1) is 9.56. The van der Waals surface area contributed by atoms with E-state index >= 15 is 0 Å². The van der Waals surface area contributed by atoms with Gasteiger partial charge in [0.2, 0.25) is 0 Å². The Morgan fingerprint density at radius 1 is 1.30 bits per heavy atom. The number of carboxylic acids is 1. The Labute approximate surface area is 115 Å². The highest BCUT2D eigenvalue weighted by Crippen LogP contribution is 2.27. The summed E-state index contributed by atoms with van der Waals surface area (Å²) in [5.41, 5.74) is 3.79. The highest BCUT2D eigenvalue weighted by molar-refractivity contribution is 6.03. The van der Waals surface area contributed by atoms with Gasteiger partial charge in [0.1, 0.15) is 0 Å². The number of fused-ring (bicyclic) bond motifs is 1. The van der Waals surface area contributed by atoms with Crippen molar-refractivity contribution in [3.8, 4) is 11.1 Å². The average molecular weight is 267 g/mol. The van der Waals surface area contributed by atoms with E-state index in [2.05, 4.69) is 10.1 Å². The molecule has 0 fully saturated rings. The number of pyridine rings is 1. The molecule has 2 heterocycles. The van der Waals surface area contributed by atoms with Crippen molar-refractivity contribution in [3.63, 3.8) is 0 Å². The zero-order chi connectivity index (χ0) is 14.3. The van der Waals surface area contributed by atoms with Crippen LogP contribution in [0, 0.1) is 6.92 Å². The number of hydrogen-bond donors (Lipinski definition) is 1. The maximum atomic E-state index is 11.3. The van der Waals surface area contributed by atoms with Crippen LogP contribution in [-0.2, 0) is 7.05 Å². The number of aromatic carboxylic acids is 1. The normalized spacial score (nSPS) is 10.9. The predicted molar refractivity (Wildman–Crippen MR) is 75.6 cm³/mol.